The second-order valence-corrected chi connectivity index (χ2v) is 5.12. The average Bonchev–Trinajstić information content (AvgIpc) is 2.45. The van der Waals surface area contributed by atoms with Crippen LogP contribution >= 0.6 is 0 Å². The summed E-state index contributed by atoms with van der Waals surface area (Å²) < 4.78 is 0. The summed E-state index contributed by atoms with van der Waals surface area (Å²) in [7, 11) is 0. The molecule has 0 aliphatic heterocycles. The summed E-state index contributed by atoms with van der Waals surface area (Å²) in [5.41, 5.74) is 6.64. The molecule has 2 aromatic rings. The van der Waals surface area contributed by atoms with Gasteiger partial charge in [0.15, 0.2) is 5.78 Å². The van der Waals surface area contributed by atoms with Crippen molar-refractivity contribution in [1.29, 1.82) is 0 Å². The van der Waals surface area contributed by atoms with Crippen LogP contribution in [0.3, 0.4) is 0 Å². The first kappa shape index (κ1) is 12.2. The highest BCUT2D eigenvalue weighted by atomic mass is 16.1. The highest BCUT2D eigenvalue weighted by Gasteiger charge is 2.26. The van der Waals surface area contributed by atoms with Crippen LogP contribution in [0.15, 0.2) is 36.4 Å². The quantitative estimate of drug-likeness (QED) is 0.673. The molecule has 0 atom stereocenters. The second kappa shape index (κ2) is 4.65. The lowest BCUT2D eigenvalue weighted by atomic mass is 9.80. The molecule has 0 heterocycles. The zero-order valence-corrected chi connectivity index (χ0v) is 11.5. The van der Waals surface area contributed by atoms with Gasteiger partial charge in [0, 0.05) is 11.1 Å². The standard InChI is InChI=1S/C18H18O/c1-3-12-7-5-9-14-11-15-10-6-8-13(4-2)17(15)18(19)16(12)14/h5-10H,3-4,11H2,1-2H3. The molecule has 0 bridgehead atoms. The van der Waals surface area contributed by atoms with E-state index in [0.717, 1.165) is 30.4 Å². The van der Waals surface area contributed by atoms with E-state index in [9.17, 15) is 4.79 Å². The first-order chi connectivity index (χ1) is 9.26. The van der Waals surface area contributed by atoms with E-state index < -0.39 is 0 Å². The van der Waals surface area contributed by atoms with Gasteiger partial charge in [-0.1, -0.05) is 50.2 Å². The van der Waals surface area contributed by atoms with Crippen LogP contribution in [0.25, 0.3) is 0 Å². The van der Waals surface area contributed by atoms with E-state index in [2.05, 4.69) is 50.2 Å². The molecule has 0 aromatic heterocycles. The normalized spacial score (nSPS) is 13.1. The van der Waals surface area contributed by atoms with Crippen molar-refractivity contribution in [3.8, 4) is 0 Å². The fourth-order valence-electron chi connectivity index (χ4n) is 3.10. The Bertz CT molecular complexity index is 597. The molecule has 0 unspecified atom stereocenters. The molecule has 1 aliphatic carbocycles. The van der Waals surface area contributed by atoms with Crippen LogP contribution in [0.2, 0.25) is 0 Å². The zero-order valence-electron chi connectivity index (χ0n) is 11.5. The molecule has 3 rings (SSSR count). The summed E-state index contributed by atoms with van der Waals surface area (Å²) in [5, 5.41) is 0. The van der Waals surface area contributed by atoms with E-state index in [1.165, 1.54) is 22.3 Å². The van der Waals surface area contributed by atoms with E-state index in [-0.39, 0.29) is 5.78 Å². The number of benzene rings is 2. The number of aryl methyl sites for hydroxylation is 2. The van der Waals surface area contributed by atoms with Crippen molar-refractivity contribution >= 4 is 5.78 Å². The van der Waals surface area contributed by atoms with Crippen LogP contribution < -0.4 is 0 Å². The van der Waals surface area contributed by atoms with Crippen LogP contribution in [0, 0.1) is 0 Å². The van der Waals surface area contributed by atoms with Gasteiger partial charge in [-0.25, -0.2) is 0 Å². The lowest BCUT2D eigenvalue weighted by molar-refractivity contribution is 0.103. The number of hydrogen-bond donors (Lipinski definition) is 0. The van der Waals surface area contributed by atoms with Crippen LogP contribution in [0.5, 0.6) is 0 Å². The van der Waals surface area contributed by atoms with Crippen molar-refractivity contribution in [2.24, 2.45) is 0 Å². The van der Waals surface area contributed by atoms with Gasteiger partial charge in [0.25, 0.3) is 0 Å². The molecule has 0 radical (unpaired) electrons. The summed E-state index contributed by atoms with van der Waals surface area (Å²) in [6.07, 6.45) is 2.72. The minimum Gasteiger partial charge on any atom is -0.289 e. The Labute approximate surface area is 114 Å². The largest absolute Gasteiger partial charge is 0.289 e. The molecule has 0 N–H and O–H groups in total. The van der Waals surface area contributed by atoms with Gasteiger partial charge in [-0.3, -0.25) is 4.79 Å². The predicted molar refractivity (Wildman–Crippen MR) is 77.9 cm³/mol. The predicted octanol–water partition coefficient (Wildman–Crippen LogP) is 3.95. The van der Waals surface area contributed by atoms with Gasteiger partial charge >= 0.3 is 0 Å². The SMILES string of the molecule is CCc1cccc2c1C(=O)c1c(CC)cccc1C2. The summed E-state index contributed by atoms with van der Waals surface area (Å²) in [5.74, 6) is 0.228. The number of carbonyl (C=O) groups excluding carboxylic acids is 1. The molecule has 0 fully saturated rings. The molecule has 19 heavy (non-hydrogen) atoms. The smallest absolute Gasteiger partial charge is 0.194 e. The number of rotatable bonds is 2. The van der Waals surface area contributed by atoms with E-state index in [1.807, 2.05) is 0 Å². The van der Waals surface area contributed by atoms with Gasteiger partial charge < -0.3 is 0 Å². The first-order valence-electron chi connectivity index (χ1n) is 7.02. The van der Waals surface area contributed by atoms with E-state index in [4.69, 9.17) is 0 Å². The Morgan fingerprint density at radius 3 is 1.74 bits per heavy atom. The molecule has 0 spiro atoms. The maximum Gasteiger partial charge on any atom is 0.194 e. The third-order valence-electron chi connectivity index (χ3n) is 4.07. The van der Waals surface area contributed by atoms with Crippen molar-refractivity contribution in [3.63, 3.8) is 0 Å². The molecular weight excluding hydrogens is 232 g/mol. The van der Waals surface area contributed by atoms with Gasteiger partial charge in [-0.2, -0.15) is 0 Å². The van der Waals surface area contributed by atoms with Crippen LogP contribution in [0.4, 0.5) is 0 Å². The Morgan fingerprint density at radius 1 is 0.842 bits per heavy atom. The molecule has 1 nitrogen and oxygen atoms in total. The second-order valence-electron chi connectivity index (χ2n) is 5.12. The Hall–Kier alpha value is -1.89. The van der Waals surface area contributed by atoms with E-state index in [1.54, 1.807) is 0 Å². The fourth-order valence-corrected chi connectivity index (χ4v) is 3.10. The maximum absolute atomic E-state index is 12.9. The summed E-state index contributed by atoms with van der Waals surface area (Å²) in [6, 6.07) is 12.5. The third-order valence-corrected chi connectivity index (χ3v) is 4.07. The van der Waals surface area contributed by atoms with Gasteiger partial charge in [-0.15, -0.1) is 0 Å². The van der Waals surface area contributed by atoms with Crippen LogP contribution in [0.1, 0.15) is 52.0 Å². The van der Waals surface area contributed by atoms with Crippen LogP contribution in [-0.2, 0) is 19.3 Å². The molecule has 0 saturated heterocycles. The Morgan fingerprint density at radius 2 is 1.32 bits per heavy atom. The van der Waals surface area contributed by atoms with Crippen molar-refractivity contribution in [2.45, 2.75) is 33.1 Å². The lowest BCUT2D eigenvalue weighted by Crippen LogP contribution is -2.19. The topological polar surface area (TPSA) is 17.1 Å². The number of carbonyl (C=O) groups is 1. The van der Waals surface area contributed by atoms with Gasteiger partial charge in [-0.05, 0) is 41.5 Å². The highest BCUT2D eigenvalue weighted by Crippen LogP contribution is 2.31. The highest BCUT2D eigenvalue weighted by molar-refractivity contribution is 6.14. The molecule has 0 amide bonds. The minimum atomic E-state index is 0.228. The van der Waals surface area contributed by atoms with E-state index in [0.29, 0.717) is 0 Å². The molecule has 1 aliphatic rings. The van der Waals surface area contributed by atoms with Gasteiger partial charge in [0.1, 0.15) is 0 Å². The van der Waals surface area contributed by atoms with Crippen molar-refractivity contribution in [2.75, 3.05) is 0 Å². The molecule has 1 heteroatoms. The number of hydrogen-bond acceptors (Lipinski definition) is 1. The Balaban J connectivity index is 2.24. The zero-order chi connectivity index (χ0) is 13.4. The monoisotopic (exact) mass is 250 g/mol. The Kier molecular flexibility index (Phi) is 2.98. The number of fused-ring (bicyclic) bond motifs is 2. The molecule has 2 aromatic carbocycles. The van der Waals surface area contributed by atoms with Crippen molar-refractivity contribution in [3.05, 3.63) is 69.8 Å². The molecule has 96 valence electrons. The summed E-state index contributed by atoms with van der Waals surface area (Å²) in [4.78, 5) is 12.9. The molecular formula is C18H18O. The lowest BCUT2D eigenvalue weighted by Gasteiger charge is -2.22. The fraction of sp³-hybridized carbons (Fsp3) is 0.278. The minimum absolute atomic E-state index is 0.228. The first-order valence-corrected chi connectivity index (χ1v) is 7.02. The third kappa shape index (κ3) is 1.81. The number of ketones is 1. The van der Waals surface area contributed by atoms with Gasteiger partial charge in [0.05, 0.1) is 0 Å². The summed E-state index contributed by atoms with van der Waals surface area (Å²) >= 11 is 0. The maximum atomic E-state index is 12.9. The van der Waals surface area contributed by atoms with E-state index >= 15 is 0 Å². The van der Waals surface area contributed by atoms with Crippen molar-refractivity contribution < 1.29 is 4.79 Å². The van der Waals surface area contributed by atoms with Crippen molar-refractivity contribution in [1.82, 2.24) is 0 Å². The summed E-state index contributed by atoms with van der Waals surface area (Å²) in [6.45, 7) is 4.23. The molecule has 0 saturated carbocycles. The average molecular weight is 250 g/mol. The van der Waals surface area contributed by atoms with Crippen LogP contribution in [-0.4, -0.2) is 5.78 Å². The van der Waals surface area contributed by atoms with Gasteiger partial charge in [0.2, 0.25) is 0 Å².